The number of benzene rings is 2. The topological polar surface area (TPSA) is 27.8 Å². The molecule has 1 aliphatic rings. The number of aryl methyl sites for hydroxylation is 1. The van der Waals surface area contributed by atoms with E-state index in [1.807, 2.05) is 6.07 Å². The molecule has 0 aliphatic carbocycles. The first kappa shape index (κ1) is 16.7. The first-order chi connectivity index (χ1) is 10.7. The van der Waals surface area contributed by atoms with E-state index in [4.69, 9.17) is 11.6 Å². The van der Waals surface area contributed by atoms with Crippen LogP contribution in [0.4, 0.5) is 0 Å². The lowest BCUT2D eigenvalue weighted by atomic mass is 10.1. The molecule has 23 heavy (non-hydrogen) atoms. The molecule has 0 amide bonds. The third-order valence-corrected chi connectivity index (χ3v) is 5.73. The lowest BCUT2D eigenvalue weighted by Gasteiger charge is -2.12. The monoisotopic (exact) mass is 364 g/mol. The molecule has 4 rings (SSSR count). The van der Waals surface area contributed by atoms with Gasteiger partial charge in [0.1, 0.15) is 0 Å². The molecule has 0 spiro atoms. The molecule has 0 fully saturated rings. The van der Waals surface area contributed by atoms with Gasteiger partial charge in [-0.2, -0.15) is 0 Å². The number of rotatable bonds is 2. The summed E-state index contributed by atoms with van der Waals surface area (Å²) in [6.45, 7) is 4.08. The summed E-state index contributed by atoms with van der Waals surface area (Å²) in [5.41, 5.74) is 5.19. The Morgan fingerprint density at radius 1 is 1.09 bits per heavy atom. The van der Waals surface area contributed by atoms with Crippen LogP contribution < -0.4 is 5.32 Å². The Balaban J connectivity index is 0.00000156. The molecule has 0 atom stereocenters. The van der Waals surface area contributed by atoms with Crippen LogP contribution in [0.2, 0.25) is 5.02 Å². The van der Waals surface area contributed by atoms with Crippen LogP contribution >= 0.6 is 35.8 Å². The Morgan fingerprint density at radius 3 is 2.65 bits per heavy atom. The van der Waals surface area contributed by atoms with Crippen molar-refractivity contribution in [3.63, 3.8) is 0 Å². The summed E-state index contributed by atoms with van der Waals surface area (Å²) in [5, 5.41) is 5.55. The van der Waals surface area contributed by atoms with E-state index in [0.717, 1.165) is 29.4 Å². The molecule has 0 bridgehead atoms. The van der Waals surface area contributed by atoms with Crippen LogP contribution in [0.5, 0.6) is 0 Å². The minimum Gasteiger partial charge on any atom is -0.357 e. The van der Waals surface area contributed by atoms with Gasteiger partial charge in [-0.15, -0.1) is 12.4 Å². The molecule has 0 saturated carbocycles. The number of aromatic nitrogens is 1. The summed E-state index contributed by atoms with van der Waals surface area (Å²) in [6, 6.07) is 12.7. The minimum absolute atomic E-state index is 0. The molecular weight excluding hydrogens is 347 g/mol. The zero-order valence-corrected chi connectivity index (χ0v) is 15.2. The minimum atomic E-state index is 0. The maximum Gasteiger partial charge on any atom is 0.0616 e. The molecule has 2 aromatic carbocycles. The fourth-order valence-electron chi connectivity index (χ4n) is 2.99. The van der Waals surface area contributed by atoms with Crippen LogP contribution in [0, 0.1) is 6.92 Å². The van der Waals surface area contributed by atoms with Crippen molar-refractivity contribution in [3.8, 4) is 0 Å². The molecule has 5 heteroatoms. The van der Waals surface area contributed by atoms with Gasteiger partial charge in [-0.1, -0.05) is 47.1 Å². The number of aromatic amines is 1. The van der Waals surface area contributed by atoms with Crippen LogP contribution in [0.25, 0.3) is 10.9 Å². The smallest absolute Gasteiger partial charge is 0.0616 e. The number of hydrogen-bond donors (Lipinski definition) is 2. The summed E-state index contributed by atoms with van der Waals surface area (Å²) in [5.74, 6) is 0. The van der Waals surface area contributed by atoms with Gasteiger partial charge in [0.15, 0.2) is 0 Å². The highest BCUT2D eigenvalue weighted by Gasteiger charge is 2.18. The second kappa shape index (κ2) is 6.78. The fourth-order valence-corrected chi connectivity index (χ4v) is 4.20. The highest BCUT2D eigenvalue weighted by molar-refractivity contribution is 7.99. The highest BCUT2D eigenvalue weighted by Crippen LogP contribution is 2.40. The zero-order chi connectivity index (χ0) is 15.1. The second-order valence-electron chi connectivity index (χ2n) is 5.72. The van der Waals surface area contributed by atoms with E-state index in [9.17, 15) is 0 Å². The van der Waals surface area contributed by atoms with Crippen LogP contribution in [0.15, 0.2) is 46.2 Å². The lowest BCUT2D eigenvalue weighted by molar-refractivity contribution is 0.641. The third-order valence-electron chi connectivity index (χ3n) is 4.17. The Labute approximate surface area is 151 Å². The molecule has 1 aliphatic heterocycles. The molecule has 120 valence electrons. The van der Waals surface area contributed by atoms with Crippen LogP contribution in [-0.2, 0) is 13.0 Å². The maximum absolute atomic E-state index is 6.49. The van der Waals surface area contributed by atoms with Crippen LogP contribution in [0.3, 0.4) is 0 Å². The van der Waals surface area contributed by atoms with Crippen LogP contribution in [0.1, 0.15) is 16.8 Å². The Hall–Kier alpha value is -1.13. The van der Waals surface area contributed by atoms with Gasteiger partial charge in [0, 0.05) is 35.5 Å². The van der Waals surface area contributed by atoms with Crippen molar-refractivity contribution in [2.24, 2.45) is 0 Å². The van der Waals surface area contributed by atoms with Gasteiger partial charge in [0.2, 0.25) is 0 Å². The predicted molar refractivity (Wildman–Crippen MR) is 101 cm³/mol. The molecule has 2 N–H and O–H groups in total. The first-order valence-corrected chi connectivity index (χ1v) is 8.69. The SMILES string of the molecule is Cc1ccc(Sc2c(Cl)ccc3c4c([nH]c23)CCNC4)cc1.Cl. The van der Waals surface area contributed by atoms with Crippen molar-refractivity contribution in [2.45, 2.75) is 29.7 Å². The lowest BCUT2D eigenvalue weighted by Crippen LogP contribution is -2.22. The van der Waals surface area contributed by atoms with Gasteiger partial charge < -0.3 is 10.3 Å². The van der Waals surface area contributed by atoms with Gasteiger partial charge in [-0.05, 0) is 30.7 Å². The fraction of sp³-hybridized carbons (Fsp3) is 0.222. The van der Waals surface area contributed by atoms with Gasteiger partial charge >= 0.3 is 0 Å². The summed E-state index contributed by atoms with van der Waals surface area (Å²) >= 11 is 8.22. The Kier molecular flexibility index (Phi) is 4.93. The first-order valence-electron chi connectivity index (χ1n) is 7.49. The van der Waals surface area contributed by atoms with E-state index in [1.54, 1.807) is 11.8 Å². The quantitative estimate of drug-likeness (QED) is 0.641. The van der Waals surface area contributed by atoms with Crippen molar-refractivity contribution in [2.75, 3.05) is 6.54 Å². The van der Waals surface area contributed by atoms with E-state index < -0.39 is 0 Å². The summed E-state index contributed by atoms with van der Waals surface area (Å²) < 4.78 is 0. The zero-order valence-electron chi connectivity index (χ0n) is 12.8. The summed E-state index contributed by atoms with van der Waals surface area (Å²) in [7, 11) is 0. The van der Waals surface area contributed by atoms with Gasteiger partial charge in [0.25, 0.3) is 0 Å². The van der Waals surface area contributed by atoms with Crippen molar-refractivity contribution in [3.05, 3.63) is 58.2 Å². The predicted octanol–water partition coefficient (Wildman–Crippen LogP) is 5.35. The molecular formula is C18H18Cl2N2S. The molecule has 1 aromatic heterocycles. The van der Waals surface area contributed by atoms with Gasteiger partial charge in [0.05, 0.1) is 15.4 Å². The van der Waals surface area contributed by atoms with E-state index in [-0.39, 0.29) is 12.4 Å². The number of halogens is 2. The molecule has 0 radical (unpaired) electrons. The largest absolute Gasteiger partial charge is 0.357 e. The Morgan fingerprint density at radius 2 is 1.87 bits per heavy atom. The summed E-state index contributed by atoms with van der Waals surface area (Å²) in [6.07, 6.45) is 1.05. The average Bonchev–Trinajstić information content (AvgIpc) is 2.91. The van der Waals surface area contributed by atoms with Crippen molar-refractivity contribution < 1.29 is 0 Å². The molecule has 2 heterocycles. The number of hydrogen-bond acceptors (Lipinski definition) is 2. The van der Waals surface area contributed by atoms with Gasteiger partial charge in [-0.25, -0.2) is 0 Å². The summed E-state index contributed by atoms with van der Waals surface area (Å²) in [4.78, 5) is 5.95. The van der Waals surface area contributed by atoms with E-state index in [2.05, 4.69) is 47.6 Å². The molecule has 3 aromatic rings. The number of nitrogens with one attached hydrogen (secondary N) is 2. The van der Waals surface area contributed by atoms with Crippen molar-refractivity contribution in [1.29, 1.82) is 0 Å². The normalized spacial score (nSPS) is 13.7. The van der Waals surface area contributed by atoms with E-state index in [1.165, 1.54) is 32.6 Å². The molecule has 0 unspecified atom stereocenters. The van der Waals surface area contributed by atoms with Crippen LogP contribution in [-0.4, -0.2) is 11.5 Å². The van der Waals surface area contributed by atoms with Gasteiger partial charge in [-0.3, -0.25) is 0 Å². The molecule has 0 saturated heterocycles. The van der Waals surface area contributed by atoms with E-state index in [0.29, 0.717) is 0 Å². The number of H-pyrrole nitrogens is 1. The van der Waals surface area contributed by atoms with E-state index >= 15 is 0 Å². The average molecular weight is 365 g/mol. The van der Waals surface area contributed by atoms with Crippen molar-refractivity contribution >= 4 is 46.7 Å². The maximum atomic E-state index is 6.49. The third kappa shape index (κ3) is 3.11. The number of fused-ring (bicyclic) bond motifs is 3. The molecule has 2 nitrogen and oxygen atoms in total. The second-order valence-corrected chi connectivity index (χ2v) is 7.21. The van der Waals surface area contributed by atoms with Crippen molar-refractivity contribution in [1.82, 2.24) is 10.3 Å². The Bertz CT molecular complexity index is 840. The standard InChI is InChI=1S/C18H17ClN2S.ClH/c1-11-2-4-12(5-3-11)22-18-15(19)7-6-13-14-10-20-9-8-16(14)21-17(13)18;/h2-7,20-21H,8-10H2,1H3;1H. The highest BCUT2D eigenvalue weighted by atomic mass is 35.5.